The van der Waals surface area contributed by atoms with E-state index >= 15 is 0 Å². The van der Waals surface area contributed by atoms with Gasteiger partial charge in [0.1, 0.15) is 0 Å². The molecule has 2 atom stereocenters. The highest BCUT2D eigenvalue weighted by Crippen LogP contribution is 2.47. The number of nitrogens with two attached hydrogens (primary N) is 2. The molecule has 1 saturated heterocycles. The first kappa shape index (κ1) is 9.44. The van der Waals surface area contributed by atoms with Crippen LogP contribution in [-0.2, 0) is 4.74 Å². The van der Waals surface area contributed by atoms with Gasteiger partial charge in [-0.05, 0) is 43.6 Å². The summed E-state index contributed by atoms with van der Waals surface area (Å²) in [6, 6.07) is 0.321. The average Bonchev–Trinajstić information content (AvgIpc) is 2.47. The molecule has 0 unspecified atom stereocenters. The summed E-state index contributed by atoms with van der Waals surface area (Å²) in [5.74, 6) is 0.554. The molecule has 4 N–H and O–H groups in total. The second kappa shape index (κ2) is 3.56. The van der Waals surface area contributed by atoms with Crippen LogP contribution < -0.4 is 11.5 Å². The lowest BCUT2D eigenvalue weighted by Gasteiger charge is -2.38. The summed E-state index contributed by atoms with van der Waals surface area (Å²) in [7, 11) is 0. The van der Waals surface area contributed by atoms with E-state index < -0.39 is 0 Å². The maximum absolute atomic E-state index is 6.26. The van der Waals surface area contributed by atoms with Crippen LogP contribution in [0.25, 0.3) is 0 Å². The zero-order valence-corrected chi connectivity index (χ0v) is 8.17. The fraction of sp³-hybridized carbons (Fsp3) is 1.00. The summed E-state index contributed by atoms with van der Waals surface area (Å²) in [5, 5.41) is 0. The van der Waals surface area contributed by atoms with Crippen LogP contribution in [0.3, 0.4) is 0 Å². The molecule has 1 aliphatic heterocycles. The fourth-order valence-corrected chi connectivity index (χ4v) is 2.94. The van der Waals surface area contributed by atoms with Crippen LogP contribution in [0.5, 0.6) is 0 Å². The predicted octanol–water partition coefficient (Wildman–Crippen LogP) is 0.479. The Bertz CT molecular complexity index is 178. The Balaban J connectivity index is 2.06. The molecule has 13 heavy (non-hydrogen) atoms. The molecular weight excluding hydrogens is 164 g/mol. The van der Waals surface area contributed by atoms with Gasteiger partial charge in [-0.25, -0.2) is 0 Å². The lowest BCUT2D eigenvalue weighted by molar-refractivity contribution is 0.00767. The van der Waals surface area contributed by atoms with E-state index in [1.807, 2.05) is 0 Å². The summed E-state index contributed by atoms with van der Waals surface area (Å²) >= 11 is 0. The predicted molar refractivity (Wildman–Crippen MR) is 52.2 cm³/mol. The van der Waals surface area contributed by atoms with Gasteiger partial charge < -0.3 is 16.2 Å². The molecule has 1 heterocycles. The maximum atomic E-state index is 6.26. The fourth-order valence-electron chi connectivity index (χ4n) is 2.94. The Labute approximate surface area is 79.8 Å². The maximum Gasteiger partial charge on any atom is 0.0471 e. The van der Waals surface area contributed by atoms with Gasteiger partial charge in [0.2, 0.25) is 0 Å². The first-order chi connectivity index (χ1) is 6.28. The van der Waals surface area contributed by atoms with Crippen molar-refractivity contribution in [2.24, 2.45) is 22.8 Å². The van der Waals surface area contributed by atoms with Gasteiger partial charge in [-0.15, -0.1) is 0 Å². The number of rotatable bonds is 1. The summed E-state index contributed by atoms with van der Waals surface area (Å²) in [6.45, 7) is 2.54. The third-order valence-corrected chi connectivity index (χ3v) is 4.02. The molecule has 2 aliphatic rings. The van der Waals surface area contributed by atoms with E-state index in [0.29, 0.717) is 17.4 Å². The molecule has 0 aromatic rings. The van der Waals surface area contributed by atoms with Crippen LogP contribution in [0.1, 0.15) is 25.7 Å². The van der Waals surface area contributed by atoms with Crippen molar-refractivity contribution in [3.63, 3.8) is 0 Å². The minimum absolute atomic E-state index is 0.321. The van der Waals surface area contributed by atoms with Crippen molar-refractivity contribution in [3.05, 3.63) is 0 Å². The molecule has 0 aromatic carbocycles. The molecule has 0 aromatic heterocycles. The van der Waals surface area contributed by atoms with Crippen LogP contribution in [-0.4, -0.2) is 25.8 Å². The van der Waals surface area contributed by atoms with E-state index in [1.165, 1.54) is 12.8 Å². The van der Waals surface area contributed by atoms with Gasteiger partial charge in [-0.1, -0.05) is 0 Å². The molecule has 3 heteroatoms. The largest absolute Gasteiger partial charge is 0.381 e. The van der Waals surface area contributed by atoms with Crippen LogP contribution in [0, 0.1) is 11.3 Å². The summed E-state index contributed by atoms with van der Waals surface area (Å²) in [4.78, 5) is 0. The number of hydrogen-bond donors (Lipinski definition) is 2. The Morgan fingerprint density at radius 1 is 1.23 bits per heavy atom. The van der Waals surface area contributed by atoms with E-state index in [4.69, 9.17) is 16.2 Å². The summed E-state index contributed by atoms with van der Waals surface area (Å²) in [5.41, 5.74) is 12.3. The van der Waals surface area contributed by atoms with E-state index in [0.717, 1.165) is 32.6 Å². The van der Waals surface area contributed by atoms with Gasteiger partial charge in [0, 0.05) is 19.3 Å². The second-order valence-electron chi connectivity index (χ2n) is 4.53. The van der Waals surface area contributed by atoms with Gasteiger partial charge in [0.25, 0.3) is 0 Å². The van der Waals surface area contributed by atoms with Gasteiger partial charge >= 0.3 is 0 Å². The van der Waals surface area contributed by atoms with E-state index in [1.54, 1.807) is 0 Å². The van der Waals surface area contributed by atoms with Crippen molar-refractivity contribution >= 4 is 0 Å². The third-order valence-electron chi connectivity index (χ3n) is 4.02. The normalized spacial score (nSPS) is 38.3. The van der Waals surface area contributed by atoms with Gasteiger partial charge in [0.05, 0.1) is 0 Å². The SMILES string of the molecule is NC[C@H]1CCC2(CCOCC2)[C@H]1N. The van der Waals surface area contributed by atoms with Crippen LogP contribution in [0.4, 0.5) is 0 Å². The molecule has 0 bridgehead atoms. The first-order valence-corrected chi connectivity index (χ1v) is 5.32. The molecule has 76 valence electrons. The molecule has 1 spiro atoms. The highest BCUT2D eigenvalue weighted by molar-refractivity contribution is 5.00. The van der Waals surface area contributed by atoms with Gasteiger partial charge in [-0.2, -0.15) is 0 Å². The van der Waals surface area contributed by atoms with Crippen molar-refractivity contribution in [1.82, 2.24) is 0 Å². The second-order valence-corrected chi connectivity index (χ2v) is 4.53. The molecule has 2 rings (SSSR count). The zero-order valence-electron chi connectivity index (χ0n) is 8.17. The standard InChI is InChI=1S/C10H20N2O/c11-7-8-1-2-10(9(8)12)3-5-13-6-4-10/h8-9H,1-7,11-12H2/t8-,9+/m1/s1. The lowest BCUT2D eigenvalue weighted by Crippen LogP contribution is -2.46. The molecular formula is C10H20N2O. The van der Waals surface area contributed by atoms with Crippen LogP contribution in [0.2, 0.25) is 0 Å². The van der Waals surface area contributed by atoms with Crippen molar-refractivity contribution in [2.75, 3.05) is 19.8 Å². The number of hydrogen-bond acceptors (Lipinski definition) is 3. The molecule has 3 nitrogen and oxygen atoms in total. The Morgan fingerprint density at radius 2 is 1.92 bits per heavy atom. The van der Waals surface area contributed by atoms with Crippen molar-refractivity contribution in [1.29, 1.82) is 0 Å². The highest BCUT2D eigenvalue weighted by atomic mass is 16.5. The Hall–Kier alpha value is -0.120. The molecule has 0 radical (unpaired) electrons. The first-order valence-electron chi connectivity index (χ1n) is 5.32. The van der Waals surface area contributed by atoms with Crippen LogP contribution >= 0.6 is 0 Å². The van der Waals surface area contributed by atoms with Crippen molar-refractivity contribution in [2.45, 2.75) is 31.7 Å². The monoisotopic (exact) mass is 184 g/mol. The van der Waals surface area contributed by atoms with Crippen LogP contribution in [0.15, 0.2) is 0 Å². The lowest BCUT2D eigenvalue weighted by atomic mass is 9.75. The summed E-state index contributed by atoms with van der Waals surface area (Å²) < 4.78 is 5.39. The minimum Gasteiger partial charge on any atom is -0.381 e. The topological polar surface area (TPSA) is 61.3 Å². The molecule has 1 aliphatic carbocycles. The molecule has 1 saturated carbocycles. The van der Waals surface area contributed by atoms with E-state index in [2.05, 4.69) is 0 Å². The van der Waals surface area contributed by atoms with E-state index in [9.17, 15) is 0 Å². The highest BCUT2D eigenvalue weighted by Gasteiger charge is 2.46. The minimum atomic E-state index is 0.321. The molecule has 0 amide bonds. The van der Waals surface area contributed by atoms with E-state index in [-0.39, 0.29) is 0 Å². The van der Waals surface area contributed by atoms with Crippen molar-refractivity contribution < 1.29 is 4.74 Å². The van der Waals surface area contributed by atoms with Gasteiger partial charge in [0.15, 0.2) is 0 Å². The summed E-state index contributed by atoms with van der Waals surface area (Å²) in [6.07, 6.45) is 4.77. The zero-order chi connectivity index (χ0) is 9.31. The Kier molecular flexibility index (Phi) is 2.58. The van der Waals surface area contributed by atoms with Crippen molar-refractivity contribution in [3.8, 4) is 0 Å². The average molecular weight is 184 g/mol. The third kappa shape index (κ3) is 1.49. The molecule has 2 fully saturated rings. The van der Waals surface area contributed by atoms with Gasteiger partial charge in [-0.3, -0.25) is 0 Å². The smallest absolute Gasteiger partial charge is 0.0471 e. The number of ether oxygens (including phenoxy) is 1. The quantitative estimate of drug-likeness (QED) is 0.623. The Morgan fingerprint density at radius 3 is 2.46 bits per heavy atom.